The van der Waals surface area contributed by atoms with Crippen LogP contribution in [0.4, 0.5) is 5.13 Å². The summed E-state index contributed by atoms with van der Waals surface area (Å²) in [5.41, 5.74) is 7.67. The van der Waals surface area contributed by atoms with E-state index in [-0.39, 0.29) is 5.91 Å². The number of nitrogens with one attached hydrogen (secondary N) is 1. The Bertz CT molecular complexity index is 1560. The normalized spacial score (nSPS) is 11.8. The number of benzene rings is 3. The summed E-state index contributed by atoms with van der Waals surface area (Å²) >= 11 is 1.46. The van der Waals surface area contributed by atoms with Crippen molar-refractivity contribution in [2.24, 2.45) is 0 Å². The summed E-state index contributed by atoms with van der Waals surface area (Å²) in [6, 6.07) is 18.3. The standard InChI is InChI=1S/C28H24N2O3S/c1-16-5-8-19(9-6-16)22-15-33-25-14-24(32-4)20(13-21(22)25)18(3)12-27(31)30-28-29-23-10-7-17(2)11-26(23)34-28/h5-15H,1-4H3,(H,29,30,31)/b18-12+. The third-order valence-electron chi connectivity index (χ3n) is 5.80. The highest BCUT2D eigenvalue weighted by molar-refractivity contribution is 7.22. The largest absolute Gasteiger partial charge is 0.496 e. The van der Waals surface area contributed by atoms with Crippen LogP contribution in [-0.2, 0) is 4.79 Å². The highest BCUT2D eigenvalue weighted by Crippen LogP contribution is 2.37. The number of carbonyl (C=O) groups excluding carboxylic acids is 1. The van der Waals surface area contributed by atoms with Crippen molar-refractivity contribution in [2.75, 3.05) is 12.4 Å². The molecule has 3 aromatic carbocycles. The Hall–Kier alpha value is -3.90. The second-order valence-electron chi connectivity index (χ2n) is 8.37. The number of fused-ring (bicyclic) bond motifs is 2. The Morgan fingerprint density at radius 2 is 1.82 bits per heavy atom. The zero-order valence-corrected chi connectivity index (χ0v) is 20.2. The molecule has 5 rings (SSSR count). The second kappa shape index (κ2) is 8.80. The Balaban J connectivity index is 1.47. The number of thiazole rings is 1. The first kappa shape index (κ1) is 21.9. The van der Waals surface area contributed by atoms with E-state index in [2.05, 4.69) is 47.6 Å². The lowest BCUT2D eigenvalue weighted by Crippen LogP contribution is -2.08. The maximum absolute atomic E-state index is 12.8. The van der Waals surface area contributed by atoms with Crippen LogP contribution in [0.2, 0.25) is 0 Å². The zero-order chi connectivity index (χ0) is 23.8. The second-order valence-corrected chi connectivity index (χ2v) is 9.40. The van der Waals surface area contributed by atoms with Crippen molar-refractivity contribution in [2.45, 2.75) is 20.8 Å². The number of nitrogens with zero attached hydrogens (tertiary/aromatic N) is 1. The summed E-state index contributed by atoms with van der Waals surface area (Å²) in [5, 5.41) is 4.44. The minimum atomic E-state index is -0.235. The predicted octanol–water partition coefficient (Wildman–Crippen LogP) is 7.38. The molecule has 1 N–H and O–H groups in total. The van der Waals surface area contributed by atoms with Gasteiger partial charge in [-0.3, -0.25) is 10.1 Å². The van der Waals surface area contributed by atoms with Gasteiger partial charge in [-0.05, 0) is 55.7 Å². The highest BCUT2D eigenvalue weighted by Gasteiger charge is 2.15. The van der Waals surface area contributed by atoms with Crippen LogP contribution >= 0.6 is 11.3 Å². The third-order valence-corrected chi connectivity index (χ3v) is 6.74. The Morgan fingerprint density at radius 3 is 2.59 bits per heavy atom. The van der Waals surface area contributed by atoms with Crippen LogP contribution in [0.25, 0.3) is 37.9 Å². The van der Waals surface area contributed by atoms with Gasteiger partial charge in [0.05, 0.1) is 23.6 Å². The number of rotatable bonds is 5. The lowest BCUT2D eigenvalue weighted by molar-refractivity contribution is -0.111. The molecular formula is C28H24N2O3S. The van der Waals surface area contributed by atoms with Crippen LogP contribution in [0.1, 0.15) is 23.6 Å². The van der Waals surface area contributed by atoms with Gasteiger partial charge < -0.3 is 9.15 Å². The van der Waals surface area contributed by atoms with Gasteiger partial charge in [0.1, 0.15) is 11.3 Å². The molecule has 2 heterocycles. The Labute approximate surface area is 201 Å². The number of hydrogen-bond donors (Lipinski definition) is 1. The SMILES string of the molecule is COc1cc2occ(-c3ccc(C)cc3)c2cc1/C(C)=C/C(=O)Nc1nc2ccc(C)cc2s1. The topological polar surface area (TPSA) is 64.4 Å². The summed E-state index contributed by atoms with van der Waals surface area (Å²) in [6.45, 7) is 6.00. The van der Waals surface area contributed by atoms with Gasteiger partial charge in [-0.2, -0.15) is 0 Å². The molecule has 0 unspecified atom stereocenters. The van der Waals surface area contributed by atoms with Crippen molar-refractivity contribution in [3.63, 3.8) is 0 Å². The number of allylic oxidation sites excluding steroid dienone is 1. The Morgan fingerprint density at radius 1 is 1.06 bits per heavy atom. The van der Waals surface area contributed by atoms with E-state index in [9.17, 15) is 4.79 Å². The van der Waals surface area contributed by atoms with E-state index in [4.69, 9.17) is 9.15 Å². The summed E-state index contributed by atoms with van der Waals surface area (Å²) in [5.74, 6) is 0.413. The summed E-state index contributed by atoms with van der Waals surface area (Å²) in [6.07, 6.45) is 3.34. The summed E-state index contributed by atoms with van der Waals surface area (Å²) in [4.78, 5) is 17.3. The monoisotopic (exact) mass is 468 g/mol. The minimum absolute atomic E-state index is 0.235. The van der Waals surface area contributed by atoms with Crippen molar-refractivity contribution in [1.29, 1.82) is 0 Å². The minimum Gasteiger partial charge on any atom is -0.496 e. The van der Waals surface area contributed by atoms with E-state index in [0.717, 1.165) is 49.0 Å². The molecular weight excluding hydrogens is 444 g/mol. The van der Waals surface area contributed by atoms with E-state index in [0.29, 0.717) is 10.9 Å². The lowest BCUT2D eigenvalue weighted by atomic mass is 9.99. The average Bonchev–Trinajstić information content (AvgIpc) is 3.41. The van der Waals surface area contributed by atoms with Crippen molar-refractivity contribution >= 4 is 49.1 Å². The lowest BCUT2D eigenvalue weighted by Gasteiger charge is -2.10. The first-order valence-corrected chi connectivity index (χ1v) is 11.8. The van der Waals surface area contributed by atoms with E-state index < -0.39 is 0 Å². The van der Waals surface area contributed by atoms with Gasteiger partial charge >= 0.3 is 0 Å². The molecule has 170 valence electrons. The maximum Gasteiger partial charge on any atom is 0.250 e. The van der Waals surface area contributed by atoms with Crippen molar-refractivity contribution in [1.82, 2.24) is 4.98 Å². The van der Waals surface area contributed by atoms with Crippen LogP contribution in [0.3, 0.4) is 0 Å². The van der Waals surface area contributed by atoms with Crippen LogP contribution in [-0.4, -0.2) is 18.0 Å². The molecule has 0 aliphatic rings. The van der Waals surface area contributed by atoms with Gasteiger partial charge in [0, 0.05) is 28.7 Å². The number of anilines is 1. The maximum atomic E-state index is 12.8. The molecule has 0 radical (unpaired) electrons. The molecule has 0 atom stereocenters. The number of furan rings is 1. The smallest absolute Gasteiger partial charge is 0.250 e. The molecule has 6 heteroatoms. The van der Waals surface area contributed by atoms with Crippen molar-refractivity contribution in [3.05, 3.63) is 83.6 Å². The average molecular weight is 469 g/mol. The molecule has 0 spiro atoms. The number of aromatic nitrogens is 1. The first-order valence-electron chi connectivity index (χ1n) is 10.9. The quantitative estimate of drug-likeness (QED) is 0.273. The molecule has 5 nitrogen and oxygen atoms in total. The highest BCUT2D eigenvalue weighted by atomic mass is 32.1. The zero-order valence-electron chi connectivity index (χ0n) is 19.4. The number of hydrogen-bond acceptors (Lipinski definition) is 5. The molecule has 1 amide bonds. The molecule has 5 aromatic rings. The fourth-order valence-corrected chi connectivity index (χ4v) is 4.96. The van der Waals surface area contributed by atoms with Crippen LogP contribution < -0.4 is 10.1 Å². The molecule has 0 saturated carbocycles. The summed E-state index contributed by atoms with van der Waals surface area (Å²) in [7, 11) is 1.62. The summed E-state index contributed by atoms with van der Waals surface area (Å²) < 4.78 is 12.5. The van der Waals surface area contributed by atoms with E-state index >= 15 is 0 Å². The molecule has 2 aromatic heterocycles. The first-order chi connectivity index (χ1) is 16.4. The van der Waals surface area contributed by atoms with Gasteiger partial charge in [0.25, 0.3) is 0 Å². The Kier molecular flexibility index (Phi) is 5.67. The number of carbonyl (C=O) groups is 1. The molecule has 0 aliphatic heterocycles. The van der Waals surface area contributed by atoms with Crippen LogP contribution in [0.15, 0.2) is 71.4 Å². The fourth-order valence-electron chi connectivity index (χ4n) is 3.99. The molecule has 0 aliphatic carbocycles. The molecule has 0 bridgehead atoms. The van der Waals surface area contributed by atoms with E-state index in [1.165, 1.54) is 16.9 Å². The number of aryl methyl sites for hydroxylation is 2. The third kappa shape index (κ3) is 4.20. The number of methoxy groups -OCH3 is 1. The fraction of sp³-hybridized carbons (Fsp3) is 0.143. The van der Waals surface area contributed by atoms with Gasteiger partial charge in [-0.1, -0.05) is 47.2 Å². The van der Waals surface area contributed by atoms with Crippen LogP contribution in [0.5, 0.6) is 5.75 Å². The molecule has 0 fully saturated rings. The van der Waals surface area contributed by atoms with Gasteiger partial charge in [0.2, 0.25) is 5.91 Å². The number of ether oxygens (including phenoxy) is 1. The molecule has 0 saturated heterocycles. The van der Waals surface area contributed by atoms with Gasteiger partial charge in [-0.25, -0.2) is 4.98 Å². The van der Waals surface area contributed by atoms with Gasteiger partial charge in [-0.15, -0.1) is 0 Å². The van der Waals surface area contributed by atoms with E-state index in [1.807, 2.05) is 38.1 Å². The predicted molar refractivity (Wildman–Crippen MR) is 140 cm³/mol. The van der Waals surface area contributed by atoms with Crippen molar-refractivity contribution < 1.29 is 13.9 Å². The number of amides is 1. The van der Waals surface area contributed by atoms with Crippen LogP contribution in [0, 0.1) is 13.8 Å². The van der Waals surface area contributed by atoms with Gasteiger partial charge in [0.15, 0.2) is 5.13 Å². The van der Waals surface area contributed by atoms with E-state index in [1.54, 1.807) is 19.4 Å². The van der Waals surface area contributed by atoms with Crippen molar-refractivity contribution in [3.8, 4) is 16.9 Å². The molecule has 34 heavy (non-hydrogen) atoms.